The summed E-state index contributed by atoms with van der Waals surface area (Å²) in [5.74, 6) is -0.805. The van der Waals surface area contributed by atoms with Crippen LogP contribution in [0.15, 0.2) is 17.0 Å². The molecule has 0 saturated carbocycles. The van der Waals surface area contributed by atoms with Crippen LogP contribution in [-0.4, -0.2) is 36.3 Å². The van der Waals surface area contributed by atoms with Crippen LogP contribution >= 0.6 is 23.4 Å². The molecule has 1 aliphatic rings. The van der Waals surface area contributed by atoms with Gasteiger partial charge in [0.15, 0.2) is 0 Å². The lowest BCUT2D eigenvalue weighted by Crippen LogP contribution is -2.44. The average Bonchev–Trinajstić information content (AvgIpc) is 2.39. The molecular formula is C13H18ClFN2O2S2. The van der Waals surface area contributed by atoms with E-state index in [4.69, 9.17) is 17.3 Å². The molecule has 0 radical (unpaired) electrons. The third-order valence-corrected chi connectivity index (χ3v) is 6.58. The highest BCUT2D eigenvalue weighted by atomic mass is 35.5. The highest BCUT2D eigenvalue weighted by Gasteiger charge is 2.34. The molecule has 2 rings (SSSR count). The molecule has 1 aliphatic heterocycles. The fraction of sp³-hybridized carbons (Fsp3) is 0.538. The Labute approximate surface area is 133 Å². The van der Waals surface area contributed by atoms with E-state index in [1.807, 2.05) is 13.8 Å². The third-order valence-electron chi connectivity index (χ3n) is 3.30. The van der Waals surface area contributed by atoms with Crippen molar-refractivity contribution in [2.24, 2.45) is 5.73 Å². The molecule has 1 aromatic carbocycles. The van der Waals surface area contributed by atoms with Gasteiger partial charge in [-0.1, -0.05) is 25.4 Å². The molecule has 0 aliphatic carbocycles. The fourth-order valence-electron chi connectivity index (χ4n) is 2.42. The third kappa shape index (κ3) is 3.53. The Balaban J connectivity index is 2.47. The van der Waals surface area contributed by atoms with Crippen LogP contribution in [0, 0.1) is 5.82 Å². The maximum Gasteiger partial charge on any atom is 0.246 e. The summed E-state index contributed by atoms with van der Waals surface area (Å²) in [6, 6.07) is 2.51. The summed E-state index contributed by atoms with van der Waals surface area (Å²) in [7, 11) is -3.91. The Morgan fingerprint density at radius 2 is 1.95 bits per heavy atom. The van der Waals surface area contributed by atoms with Gasteiger partial charge in [-0.2, -0.15) is 16.1 Å². The number of benzene rings is 1. The summed E-state index contributed by atoms with van der Waals surface area (Å²) in [4.78, 5) is -0.387. The van der Waals surface area contributed by atoms with E-state index in [1.165, 1.54) is 10.4 Å². The predicted octanol–water partition coefficient (Wildman–Crippen LogP) is 2.45. The topological polar surface area (TPSA) is 63.4 Å². The van der Waals surface area contributed by atoms with Gasteiger partial charge in [0.25, 0.3) is 0 Å². The van der Waals surface area contributed by atoms with Crippen molar-refractivity contribution in [1.82, 2.24) is 4.31 Å². The van der Waals surface area contributed by atoms with Crippen molar-refractivity contribution in [3.8, 4) is 0 Å². The second-order valence-electron chi connectivity index (χ2n) is 5.16. The van der Waals surface area contributed by atoms with Crippen molar-refractivity contribution in [3.05, 3.63) is 28.5 Å². The van der Waals surface area contributed by atoms with Gasteiger partial charge < -0.3 is 5.73 Å². The van der Waals surface area contributed by atoms with E-state index in [2.05, 4.69) is 0 Å². The van der Waals surface area contributed by atoms with Crippen LogP contribution in [0.1, 0.15) is 19.4 Å². The average molecular weight is 353 g/mol. The molecule has 21 heavy (non-hydrogen) atoms. The Hall–Kier alpha value is -0.340. The largest absolute Gasteiger partial charge is 0.326 e. The highest BCUT2D eigenvalue weighted by Crippen LogP contribution is 2.31. The number of rotatable bonds is 3. The number of sulfonamides is 1. The van der Waals surface area contributed by atoms with Crippen molar-refractivity contribution in [3.63, 3.8) is 0 Å². The highest BCUT2D eigenvalue weighted by molar-refractivity contribution is 8.00. The summed E-state index contributed by atoms with van der Waals surface area (Å²) < 4.78 is 41.1. The molecule has 0 bridgehead atoms. The van der Waals surface area contributed by atoms with E-state index >= 15 is 0 Å². The molecule has 1 fully saturated rings. The molecule has 2 atom stereocenters. The molecule has 1 aromatic rings. The van der Waals surface area contributed by atoms with Crippen molar-refractivity contribution in [1.29, 1.82) is 0 Å². The normalized spacial score (nSPS) is 24.2. The molecule has 2 unspecified atom stereocenters. The molecule has 4 nitrogen and oxygen atoms in total. The molecular weight excluding hydrogens is 335 g/mol. The van der Waals surface area contributed by atoms with E-state index in [0.29, 0.717) is 13.1 Å². The zero-order valence-electron chi connectivity index (χ0n) is 11.8. The molecule has 2 N–H and O–H groups in total. The van der Waals surface area contributed by atoms with Crippen molar-refractivity contribution in [2.45, 2.75) is 35.8 Å². The number of nitrogens with two attached hydrogens (primary N) is 1. The lowest BCUT2D eigenvalue weighted by atomic mass is 10.2. The van der Waals surface area contributed by atoms with Crippen LogP contribution in [0.5, 0.6) is 0 Å². The minimum atomic E-state index is -3.91. The van der Waals surface area contributed by atoms with E-state index in [9.17, 15) is 12.8 Å². The molecule has 0 amide bonds. The first-order valence-corrected chi connectivity index (χ1v) is 9.35. The monoisotopic (exact) mass is 352 g/mol. The van der Waals surface area contributed by atoms with Gasteiger partial charge in [-0.05, 0) is 12.1 Å². The number of hydrogen-bond acceptors (Lipinski definition) is 4. The van der Waals surface area contributed by atoms with Gasteiger partial charge in [0, 0.05) is 40.7 Å². The van der Waals surface area contributed by atoms with E-state index < -0.39 is 15.8 Å². The summed E-state index contributed by atoms with van der Waals surface area (Å²) in [5.41, 5.74) is 5.55. The van der Waals surface area contributed by atoms with E-state index in [-0.39, 0.29) is 32.5 Å². The maximum atomic E-state index is 14.3. The van der Waals surface area contributed by atoms with Crippen LogP contribution < -0.4 is 5.73 Å². The smallest absolute Gasteiger partial charge is 0.246 e. The van der Waals surface area contributed by atoms with Crippen LogP contribution in [0.2, 0.25) is 5.02 Å². The number of nitrogens with zero attached hydrogens (tertiary/aromatic N) is 1. The van der Waals surface area contributed by atoms with Gasteiger partial charge in [0.1, 0.15) is 10.7 Å². The first-order chi connectivity index (χ1) is 9.75. The van der Waals surface area contributed by atoms with Crippen LogP contribution in [0.4, 0.5) is 4.39 Å². The summed E-state index contributed by atoms with van der Waals surface area (Å²) in [6.07, 6.45) is 0. The van der Waals surface area contributed by atoms with Crippen molar-refractivity contribution in [2.75, 3.05) is 13.1 Å². The Kier molecular flexibility index (Phi) is 5.20. The maximum absolute atomic E-state index is 14.3. The van der Waals surface area contributed by atoms with Crippen LogP contribution in [0.3, 0.4) is 0 Å². The second kappa shape index (κ2) is 6.42. The first-order valence-electron chi connectivity index (χ1n) is 6.59. The Morgan fingerprint density at radius 1 is 1.38 bits per heavy atom. The Morgan fingerprint density at radius 3 is 2.48 bits per heavy atom. The molecule has 0 spiro atoms. The number of thioether (sulfide) groups is 1. The lowest BCUT2D eigenvalue weighted by molar-refractivity contribution is 0.401. The van der Waals surface area contributed by atoms with Gasteiger partial charge in [-0.3, -0.25) is 0 Å². The number of halogens is 2. The van der Waals surface area contributed by atoms with E-state index in [0.717, 1.165) is 6.07 Å². The predicted molar refractivity (Wildman–Crippen MR) is 84.6 cm³/mol. The first kappa shape index (κ1) is 17.0. The van der Waals surface area contributed by atoms with Gasteiger partial charge >= 0.3 is 0 Å². The SMILES string of the molecule is CC1CN(S(=O)(=O)c2cc(Cl)cc(CN)c2F)CC(C)S1. The zero-order chi connectivity index (χ0) is 15.8. The standard InChI is InChI=1S/C13H18ClFN2O2S2/c1-8-6-17(7-9(2)20-8)21(18,19)12-4-11(14)3-10(5-16)13(12)15/h3-4,8-9H,5-7,16H2,1-2H3. The summed E-state index contributed by atoms with van der Waals surface area (Å²) in [6.45, 7) is 4.55. The van der Waals surface area contributed by atoms with Crippen molar-refractivity contribution >= 4 is 33.4 Å². The van der Waals surface area contributed by atoms with E-state index in [1.54, 1.807) is 11.8 Å². The second-order valence-corrected chi connectivity index (χ2v) is 9.38. The quantitative estimate of drug-likeness (QED) is 0.907. The summed E-state index contributed by atoms with van der Waals surface area (Å²) >= 11 is 7.62. The molecule has 8 heteroatoms. The molecule has 0 aromatic heterocycles. The molecule has 1 heterocycles. The van der Waals surface area contributed by atoms with Gasteiger partial charge in [-0.15, -0.1) is 0 Å². The number of hydrogen-bond donors (Lipinski definition) is 1. The van der Waals surface area contributed by atoms with Gasteiger partial charge in [0.2, 0.25) is 10.0 Å². The van der Waals surface area contributed by atoms with Crippen LogP contribution in [0.25, 0.3) is 0 Å². The lowest BCUT2D eigenvalue weighted by Gasteiger charge is -2.33. The minimum absolute atomic E-state index is 0.0996. The van der Waals surface area contributed by atoms with Gasteiger partial charge in [0.05, 0.1) is 0 Å². The van der Waals surface area contributed by atoms with Crippen LogP contribution in [-0.2, 0) is 16.6 Å². The zero-order valence-corrected chi connectivity index (χ0v) is 14.2. The molecule has 118 valence electrons. The van der Waals surface area contributed by atoms with Gasteiger partial charge in [-0.25, -0.2) is 12.8 Å². The van der Waals surface area contributed by atoms with Crippen molar-refractivity contribution < 1.29 is 12.8 Å². The summed E-state index contributed by atoms with van der Waals surface area (Å²) in [5, 5.41) is 0.502. The minimum Gasteiger partial charge on any atom is -0.326 e. The fourth-order valence-corrected chi connectivity index (χ4v) is 5.99. The Bertz CT molecular complexity index is 629. The molecule has 1 saturated heterocycles.